The lowest BCUT2D eigenvalue weighted by molar-refractivity contribution is -0.121. The second-order valence-electron chi connectivity index (χ2n) is 6.24. The second kappa shape index (κ2) is 8.99. The Morgan fingerprint density at radius 2 is 1.75 bits per heavy atom. The van der Waals surface area contributed by atoms with Gasteiger partial charge in [0.25, 0.3) is 5.19 Å². The summed E-state index contributed by atoms with van der Waals surface area (Å²) in [6.45, 7) is 0.434. The first-order valence-electron chi connectivity index (χ1n) is 8.62. The zero-order valence-electron chi connectivity index (χ0n) is 15.3. The number of nitrogens with zero attached hydrogens (tertiary/aromatic N) is 1. The van der Waals surface area contributed by atoms with Crippen molar-refractivity contribution in [2.24, 2.45) is 0 Å². The van der Waals surface area contributed by atoms with Crippen molar-refractivity contribution in [1.29, 1.82) is 0 Å². The predicted molar refractivity (Wildman–Crippen MR) is 108 cm³/mol. The third-order valence-electron chi connectivity index (χ3n) is 4.02. The van der Waals surface area contributed by atoms with Crippen molar-refractivity contribution >= 4 is 27.1 Å². The molecule has 0 fully saturated rings. The van der Waals surface area contributed by atoms with Crippen molar-refractivity contribution in [2.45, 2.75) is 24.3 Å². The number of carbonyl (C=O) groups excluding carboxylic acids is 1. The van der Waals surface area contributed by atoms with Crippen LogP contribution in [-0.4, -0.2) is 25.6 Å². The first-order valence-corrected chi connectivity index (χ1v) is 11.4. The number of benzene rings is 2. The molecule has 0 saturated carbocycles. The summed E-state index contributed by atoms with van der Waals surface area (Å²) in [5.74, 6) is 0.637. The summed E-state index contributed by atoms with van der Waals surface area (Å²) in [5, 5.41) is 5.32. The average molecular weight is 417 g/mol. The lowest BCUT2D eigenvalue weighted by Crippen LogP contribution is -2.22. The molecule has 6 nitrogen and oxygen atoms in total. The molecule has 1 amide bonds. The van der Waals surface area contributed by atoms with Crippen molar-refractivity contribution in [2.75, 3.05) is 6.26 Å². The van der Waals surface area contributed by atoms with Gasteiger partial charge in [-0.15, -0.1) is 0 Å². The standard InChI is InChI=1S/C20H20N2O4S2/c1-28(24,25)18-9-4-15(5-10-18)6-11-19(23)22-14-16-2-7-17(8-3-16)26-20-21-12-13-27-20/h2-5,7-10,12-13H,6,11,14H2,1H3,(H,22,23). The fraction of sp³-hybridized carbons (Fsp3) is 0.200. The van der Waals surface area contributed by atoms with Gasteiger partial charge in [-0.3, -0.25) is 4.79 Å². The van der Waals surface area contributed by atoms with Gasteiger partial charge in [0.2, 0.25) is 5.91 Å². The van der Waals surface area contributed by atoms with Gasteiger partial charge in [0.15, 0.2) is 9.84 Å². The zero-order valence-corrected chi connectivity index (χ0v) is 16.9. The summed E-state index contributed by atoms with van der Waals surface area (Å²) < 4.78 is 28.5. The molecule has 146 valence electrons. The van der Waals surface area contributed by atoms with E-state index in [0.717, 1.165) is 11.1 Å². The Balaban J connectivity index is 1.44. The van der Waals surface area contributed by atoms with Crippen LogP contribution < -0.4 is 10.1 Å². The van der Waals surface area contributed by atoms with Gasteiger partial charge in [-0.25, -0.2) is 13.4 Å². The molecule has 0 radical (unpaired) electrons. The maximum atomic E-state index is 12.1. The highest BCUT2D eigenvalue weighted by Gasteiger charge is 2.07. The highest BCUT2D eigenvalue weighted by Crippen LogP contribution is 2.23. The van der Waals surface area contributed by atoms with Crippen LogP contribution in [0.4, 0.5) is 0 Å². The number of ether oxygens (including phenoxy) is 1. The first kappa shape index (κ1) is 20.0. The summed E-state index contributed by atoms with van der Waals surface area (Å²) in [7, 11) is -3.20. The SMILES string of the molecule is CS(=O)(=O)c1ccc(CCC(=O)NCc2ccc(Oc3nccs3)cc2)cc1. The lowest BCUT2D eigenvalue weighted by atomic mass is 10.1. The Kier molecular flexibility index (Phi) is 6.43. The van der Waals surface area contributed by atoms with E-state index < -0.39 is 9.84 Å². The molecule has 2 aromatic carbocycles. The van der Waals surface area contributed by atoms with E-state index in [2.05, 4.69) is 10.3 Å². The van der Waals surface area contributed by atoms with Gasteiger partial charge >= 0.3 is 0 Å². The largest absolute Gasteiger partial charge is 0.431 e. The van der Waals surface area contributed by atoms with E-state index in [9.17, 15) is 13.2 Å². The summed E-state index contributed by atoms with van der Waals surface area (Å²) >= 11 is 1.42. The summed E-state index contributed by atoms with van der Waals surface area (Å²) in [4.78, 5) is 16.4. The third kappa shape index (κ3) is 5.90. The predicted octanol–water partition coefficient (Wildman–Crippen LogP) is 3.59. The van der Waals surface area contributed by atoms with Crippen LogP contribution >= 0.6 is 11.3 Å². The Labute approximate surface area is 168 Å². The van der Waals surface area contributed by atoms with Gasteiger partial charge in [-0.1, -0.05) is 35.6 Å². The number of nitrogens with one attached hydrogen (secondary N) is 1. The molecule has 0 saturated heterocycles. The van der Waals surface area contributed by atoms with Gasteiger partial charge in [0.05, 0.1) is 4.90 Å². The van der Waals surface area contributed by atoms with Crippen molar-refractivity contribution in [3.63, 3.8) is 0 Å². The number of aromatic nitrogens is 1. The molecule has 0 bridgehead atoms. The van der Waals surface area contributed by atoms with Crippen LogP contribution in [0.3, 0.4) is 0 Å². The molecule has 3 rings (SSSR count). The van der Waals surface area contributed by atoms with E-state index in [0.29, 0.717) is 30.3 Å². The van der Waals surface area contributed by atoms with Crippen LogP contribution in [0, 0.1) is 0 Å². The van der Waals surface area contributed by atoms with Crippen molar-refractivity contribution < 1.29 is 17.9 Å². The maximum absolute atomic E-state index is 12.1. The highest BCUT2D eigenvalue weighted by molar-refractivity contribution is 7.90. The van der Waals surface area contributed by atoms with Crippen LogP contribution in [-0.2, 0) is 27.6 Å². The Hall–Kier alpha value is -2.71. The molecule has 0 spiro atoms. The number of hydrogen-bond acceptors (Lipinski definition) is 6. The number of aryl methyl sites for hydroxylation is 1. The summed E-state index contributed by atoms with van der Waals surface area (Å²) in [6.07, 6.45) is 3.75. The van der Waals surface area contributed by atoms with E-state index in [4.69, 9.17) is 4.74 Å². The molecule has 28 heavy (non-hydrogen) atoms. The van der Waals surface area contributed by atoms with Gasteiger partial charge in [0.1, 0.15) is 5.75 Å². The molecule has 8 heteroatoms. The van der Waals surface area contributed by atoms with Crippen LogP contribution in [0.5, 0.6) is 10.9 Å². The van der Waals surface area contributed by atoms with Crippen molar-refractivity contribution in [3.05, 3.63) is 71.2 Å². The minimum Gasteiger partial charge on any atom is -0.431 e. The molecule has 1 aromatic heterocycles. The molecule has 0 aliphatic rings. The zero-order chi connectivity index (χ0) is 20.0. The normalized spacial score (nSPS) is 11.2. The molecule has 0 aliphatic carbocycles. The fourth-order valence-electron chi connectivity index (χ4n) is 2.49. The van der Waals surface area contributed by atoms with Crippen LogP contribution in [0.25, 0.3) is 0 Å². The van der Waals surface area contributed by atoms with Gasteiger partial charge in [-0.05, 0) is 41.8 Å². The molecule has 1 heterocycles. The smallest absolute Gasteiger partial charge is 0.278 e. The minimum atomic E-state index is -3.20. The Morgan fingerprint density at radius 3 is 2.36 bits per heavy atom. The van der Waals surface area contributed by atoms with Crippen molar-refractivity contribution in [1.82, 2.24) is 10.3 Å². The third-order valence-corrected chi connectivity index (χ3v) is 5.80. The molecule has 0 aliphatic heterocycles. The van der Waals surface area contributed by atoms with Gasteiger partial charge in [0, 0.05) is 30.8 Å². The van der Waals surface area contributed by atoms with E-state index >= 15 is 0 Å². The van der Waals surface area contributed by atoms with Crippen molar-refractivity contribution in [3.8, 4) is 10.9 Å². The number of thiazole rings is 1. The number of hydrogen-bond donors (Lipinski definition) is 1. The molecule has 0 unspecified atom stereocenters. The number of carbonyl (C=O) groups is 1. The maximum Gasteiger partial charge on any atom is 0.278 e. The average Bonchev–Trinajstić information content (AvgIpc) is 3.18. The van der Waals surface area contributed by atoms with Crippen LogP contribution in [0.1, 0.15) is 17.5 Å². The quantitative estimate of drug-likeness (QED) is 0.607. The number of rotatable bonds is 8. The van der Waals surface area contributed by atoms with Gasteiger partial charge in [-0.2, -0.15) is 0 Å². The lowest BCUT2D eigenvalue weighted by Gasteiger charge is -2.07. The van der Waals surface area contributed by atoms with Gasteiger partial charge < -0.3 is 10.1 Å². The molecule has 1 N–H and O–H groups in total. The highest BCUT2D eigenvalue weighted by atomic mass is 32.2. The summed E-state index contributed by atoms with van der Waals surface area (Å²) in [6, 6.07) is 14.1. The van der Waals surface area contributed by atoms with E-state index in [1.807, 2.05) is 29.6 Å². The van der Waals surface area contributed by atoms with E-state index in [1.165, 1.54) is 17.6 Å². The minimum absolute atomic E-state index is 0.0599. The van der Waals surface area contributed by atoms with E-state index in [-0.39, 0.29) is 10.8 Å². The molecule has 0 atom stereocenters. The summed E-state index contributed by atoms with van der Waals surface area (Å²) in [5.41, 5.74) is 1.89. The number of sulfone groups is 1. The van der Waals surface area contributed by atoms with Crippen LogP contribution in [0.2, 0.25) is 0 Å². The first-order chi connectivity index (χ1) is 13.4. The molecular formula is C20H20N2O4S2. The number of amides is 1. The monoisotopic (exact) mass is 416 g/mol. The molecule has 3 aromatic rings. The van der Waals surface area contributed by atoms with Crippen LogP contribution in [0.15, 0.2) is 65.0 Å². The fourth-order valence-corrected chi connectivity index (χ4v) is 3.62. The van der Waals surface area contributed by atoms with E-state index in [1.54, 1.807) is 30.5 Å². The molecular weight excluding hydrogens is 396 g/mol. The second-order valence-corrected chi connectivity index (χ2v) is 9.11. The Bertz CT molecular complexity index is 1010. The Morgan fingerprint density at radius 1 is 1.07 bits per heavy atom. The topological polar surface area (TPSA) is 85.4 Å².